The zero-order chi connectivity index (χ0) is 21.7. The number of aliphatic carboxylic acids is 1. The van der Waals surface area contributed by atoms with Crippen molar-refractivity contribution >= 4 is 29.1 Å². The van der Waals surface area contributed by atoms with Gasteiger partial charge in [0.25, 0.3) is 0 Å². The molecule has 1 N–H and O–H groups in total. The lowest BCUT2D eigenvalue weighted by Crippen LogP contribution is -2.32. The van der Waals surface area contributed by atoms with Gasteiger partial charge < -0.3 is 5.11 Å². The molecule has 0 heterocycles. The van der Waals surface area contributed by atoms with Gasteiger partial charge in [-0.05, 0) is 48.0 Å². The van der Waals surface area contributed by atoms with Crippen LogP contribution in [0.15, 0.2) is 109 Å². The van der Waals surface area contributed by atoms with Gasteiger partial charge in [0.05, 0.1) is 6.42 Å². The van der Waals surface area contributed by atoms with Crippen molar-refractivity contribution in [1.82, 2.24) is 0 Å². The smallest absolute Gasteiger partial charge is 0.307 e. The maximum atomic E-state index is 15.2. The summed E-state index contributed by atoms with van der Waals surface area (Å²) in [5.74, 6) is -1.32. The second-order valence-electron chi connectivity index (χ2n) is 7.47. The molecule has 0 aliphatic heterocycles. The number of carboxylic acid groups (broad SMARTS) is 1. The van der Waals surface area contributed by atoms with Crippen LogP contribution in [0.2, 0.25) is 0 Å². The third kappa shape index (κ3) is 4.42. The van der Waals surface area contributed by atoms with E-state index in [1.165, 1.54) is 22.0 Å². The van der Waals surface area contributed by atoms with Crippen molar-refractivity contribution in [3.8, 4) is 0 Å². The molecular weight excluding hydrogens is 406 g/mol. The van der Waals surface area contributed by atoms with Gasteiger partial charge in [0.2, 0.25) is 0 Å². The molecule has 0 aliphatic rings. The SMILES string of the molecule is O=C(O)Cc1ccc(C[P+](c2ccccc2)(c2ccccc2)c2ccccc2)c(F)c1. The summed E-state index contributed by atoms with van der Waals surface area (Å²) in [4.78, 5) is 11.0. The molecule has 4 aromatic rings. The molecule has 154 valence electrons. The van der Waals surface area contributed by atoms with Gasteiger partial charge in [0.15, 0.2) is 0 Å². The largest absolute Gasteiger partial charge is 0.481 e. The first-order valence-electron chi connectivity index (χ1n) is 10.1. The highest BCUT2D eigenvalue weighted by atomic mass is 31.2. The molecule has 0 radical (unpaired) electrons. The number of carbonyl (C=O) groups is 1. The Bertz CT molecular complexity index is 1070. The minimum absolute atomic E-state index is 0.187. The van der Waals surface area contributed by atoms with E-state index in [1.807, 2.05) is 54.6 Å². The number of hydrogen-bond acceptors (Lipinski definition) is 1. The monoisotopic (exact) mass is 429 g/mol. The predicted octanol–water partition coefficient (Wildman–Crippen LogP) is 4.95. The Morgan fingerprint density at radius 1 is 0.710 bits per heavy atom. The zero-order valence-electron chi connectivity index (χ0n) is 17.0. The normalized spacial score (nSPS) is 11.3. The van der Waals surface area contributed by atoms with Crippen molar-refractivity contribution in [2.75, 3.05) is 0 Å². The van der Waals surface area contributed by atoms with Crippen LogP contribution in [-0.4, -0.2) is 11.1 Å². The molecule has 0 fully saturated rings. The minimum atomic E-state index is -2.20. The van der Waals surface area contributed by atoms with Gasteiger partial charge in [-0.1, -0.05) is 66.7 Å². The first-order chi connectivity index (χ1) is 15.1. The molecule has 0 aliphatic carbocycles. The Labute approximate surface area is 182 Å². The van der Waals surface area contributed by atoms with Crippen molar-refractivity contribution in [1.29, 1.82) is 0 Å². The summed E-state index contributed by atoms with van der Waals surface area (Å²) in [5.41, 5.74) is 1.07. The summed E-state index contributed by atoms with van der Waals surface area (Å²) in [6.45, 7) is 0. The van der Waals surface area contributed by atoms with Crippen molar-refractivity contribution < 1.29 is 14.3 Å². The Hall–Kier alpha value is -3.29. The van der Waals surface area contributed by atoms with Gasteiger partial charge in [0, 0.05) is 5.56 Å². The summed E-state index contributed by atoms with van der Waals surface area (Å²) < 4.78 is 15.2. The maximum Gasteiger partial charge on any atom is 0.307 e. The molecule has 0 saturated carbocycles. The number of hydrogen-bond donors (Lipinski definition) is 1. The molecule has 4 aromatic carbocycles. The summed E-state index contributed by atoms with van der Waals surface area (Å²) in [7, 11) is -2.20. The van der Waals surface area contributed by atoms with Gasteiger partial charge in [-0.15, -0.1) is 0 Å². The molecule has 31 heavy (non-hydrogen) atoms. The second kappa shape index (κ2) is 9.24. The summed E-state index contributed by atoms with van der Waals surface area (Å²) in [6, 6.07) is 35.8. The van der Waals surface area contributed by atoms with Gasteiger partial charge in [-0.3, -0.25) is 4.79 Å². The predicted molar refractivity (Wildman–Crippen MR) is 127 cm³/mol. The maximum absolute atomic E-state index is 15.2. The molecule has 4 heteroatoms. The van der Waals surface area contributed by atoms with Crippen LogP contribution in [0, 0.1) is 5.82 Å². The second-order valence-corrected chi connectivity index (χ2v) is 11.0. The van der Waals surface area contributed by atoms with E-state index in [4.69, 9.17) is 5.11 Å². The van der Waals surface area contributed by atoms with Crippen LogP contribution >= 0.6 is 7.26 Å². The van der Waals surface area contributed by atoms with Gasteiger partial charge >= 0.3 is 5.97 Å². The molecule has 2 nitrogen and oxygen atoms in total. The lowest BCUT2D eigenvalue weighted by molar-refractivity contribution is -0.136. The standard InChI is InChI=1S/C27H22FO2P/c28-26-18-21(19-27(29)30)16-17-22(26)20-31(23-10-4-1-5-11-23,24-12-6-2-7-13-24)25-14-8-3-9-15-25/h1-18H,19-20H2/p+1. The molecule has 0 unspecified atom stereocenters. The third-order valence-electron chi connectivity index (χ3n) is 5.47. The van der Waals surface area contributed by atoms with E-state index in [0.717, 1.165) is 0 Å². The van der Waals surface area contributed by atoms with Crippen LogP contribution in [0.1, 0.15) is 11.1 Å². The summed E-state index contributed by atoms with van der Waals surface area (Å²) >= 11 is 0. The molecule has 0 saturated heterocycles. The van der Waals surface area contributed by atoms with E-state index in [-0.39, 0.29) is 12.2 Å². The highest BCUT2D eigenvalue weighted by Gasteiger charge is 2.45. The van der Waals surface area contributed by atoms with Crippen LogP contribution in [-0.2, 0) is 17.4 Å². The fourth-order valence-electron chi connectivity index (χ4n) is 4.03. The summed E-state index contributed by atoms with van der Waals surface area (Å²) in [5, 5.41) is 12.6. The Kier molecular flexibility index (Phi) is 6.25. The Balaban J connectivity index is 1.92. The van der Waals surface area contributed by atoms with Crippen LogP contribution in [0.4, 0.5) is 4.39 Å². The van der Waals surface area contributed by atoms with E-state index < -0.39 is 13.2 Å². The van der Waals surface area contributed by atoms with Gasteiger partial charge in [-0.25, -0.2) is 4.39 Å². The first-order valence-corrected chi connectivity index (χ1v) is 12.1. The van der Waals surface area contributed by atoms with Crippen LogP contribution in [0.25, 0.3) is 0 Å². The third-order valence-corrected chi connectivity index (χ3v) is 9.83. The highest BCUT2D eigenvalue weighted by Crippen LogP contribution is 2.58. The van der Waals surface area contributed by atoms with E-state index >= 15 is 4.39 Å². The van der Waals surface area contributed by atoms with Crippen molar-refractivity contribution in [2.45, 2.75) is 12.6 Å². The van der Waals surface area contributed by atoms with Crippen molar-refractivity contribution in [3.05, 3.63) is 126 Å². The van der Waals surface area contributed by atoms with Crippen LogP contribution < -0.4 is 15.9 Å². The number of carboxylic acids is 1. The minimum Gasteiger partial charge on any atom is -0.481 e. The van der Waals surface area contributed by atoms with E-state index in [0.29, 0.717) is 17.3 Å². The fraction of sp³-hybridized carbons (Fsp3) is 0.0741. The first kappa shape index (κ1) is 21.0. The molecule has 0 aromatic heterocycles. The van der Waals surface area contributed by atoms with Gasteiger partial charge in [0.1, 0.15) is 35.2 Å². The Morgan fingerprint density at radius 3 is 1.55 bits per heavy atom. The molecule has 0 spiro atoms. The lowest BCUT2D eigenvalue weighted by Gasteiger charge is -2.28. The van der Waals surface area contributed by atoms with Crippen LogP contribution in [0.3, 0.4) is 0 Å². The van der Waals surface area contributed by atoms with E-state index in [1.54, 1.807) is 12.1 Å². The van der Waals surface area contributed by atoms with E-state index in [2.05, 4.69) is 36.4 Å². The Morgan fingerprint density at radius 2 is 1.16 bits per heavy atom. The molecule has 0 atom stereocenters. The van der Waals surface area contributed by atoms with E-state index in [9.17, 15) is 4.79 Å². The molecule has 0 amide bonds. The topological polar surface area (TPSA) is 37.3 Å². The highest BCUT2D eigenvalue weighted by molar-refractivity contribution is 7.95. The summed E-state index contributed by atoms with van der Waals surface area (Å²) in [6.07, 6.45) is 0.331. The average molecular weight is 429 g/mol. The van der Waals surface area contributed by atoms with Crippen molar-refractivity contribution in [3.63, 3.8) is 0 Å². The van der Waals surface area contributed by atoms with Gasteiger partial charge in [-0.2, -0.15) is 0 Å². The number of benzene rings is 4. The molecular formula is C27H23FO2P+. The van der Waals surface area contributed by atoms with Crippen molar-refractivity contribution in [2.24, 2.45) is 0 Å². The number of halogens is 1. The van der Waals surface area contributed by atoms with Crippen LogP contribution in [0.5, 0.6) is 0 Å². The zero-order valence-corrected chi connectivity index (χ0v) is 17.9. The molecule has 4 rings (SSSR count). The number of rotatable bonds is 7. The average Bonchev–Trinajstić information content (AvgIpc) is 2.80. The lowest BCUT2D eigenvalue weighted by atomic mass is 10.1. The fourth-order valence-corrected chi connectivity index (χ4v) is 8.28. The quantitative estimate of drug-likeness (QED) is 0.422. The molecule has 0 bridgehead atoms.